The van der Waals surface area contributed by atoms with Gasteiger partial charge in [0.25, 0.3) is 0 Å². The highest BCUT2D eigenvalue weighted by Crippen LogP contribution is 2.31. The first-order chi connectivity index (χ1) is 13.2. The van der Waals surface area contributed by atoms with E-state index in [1.165, 1.54) is 0 Å². The molecule has 7 nitrogen and oxygen atoms in total. The molecule has 8 heteroatoms. The van der Waals surface area contributed by atoms with Crippen LogP contribution in [-0.2, 0) is 27.8 Å². The Kier molecular flexibility index (Phi) is 5.63. The molecule has 0 unspecified atom stereocenters. The van der Waals surface area contributed by atoms with Gasteiger partial charge in [0.2, 0.25) is 15.9 Å². The molecule has 0 radical (unpaired) electrons. The lowest BCUT2D eigenvalue weighted by molar-refractivity contribution is -0.118. The van der Waals surface area contributed by atoms with Gasteiger partial charge in [-0.3, -0.25) is 9.48 Å². The van der Waals surface area contributed by atoms with Crippen molar-refractivity contribution in [2.75, 3.05) is 11.4 Å². The summed E-state index contributed by atoms with van der Waals surface area (Å²) in [6.07, 6.45) is 1.10. The number of nitrogens with one attached hydrogen (secondary N) is 1. The Morgan fingerprint density at radius 3 is 2.61 bits per heavy atom. The number of anilines is 1. The Balaban J connectivity index is 1.86. The van der Waals surface area contributed by atoms with E-state index in [1.54, 1.807) is 23.1 Å². The second-order valence-corrected chi connectivity index (χ2v) is 8.90. The lowest BCUT2D eigenvalue weighted by Gasteiger charge is -2.18. The van der Waals surface area contributed by atoms with Crippen molar-refractivity contribution in [1.82, 2.24) is 14.5 Å². The maximum Gasteiger partial charge on any atom is 0.241 e. The van der Waals surface area contributed by atoms with E-state index in [9.17, 15) is 13.2 Å². The topological polar surface area (TPSA) is 84.3 Å². The Bertz CT molecular complexity index is 1010. The van der Waals surface area contributed by atoms with Crippen LogP contribution in [0.2, 0.25) is 0 Å². The molecule has 28 heavy (non-hydrogen) atoms. The lowest BCUT2D eigenvalue weighted by atomic mass is 10.1. The molecule has 2 heterocycles. The smallest absolute Gasteiger partial charge is 0.241 e. The van der Waals surface area contributed by atoms with E-state index in [2.05, 4.69) is 9.82 Å². The van der Waals surface area contributed by atoms with Crippen molar-refractivity contribution in [3.05, 3.63) is 40.7 Å². The van der Waals surface area contributed by atoms with E-state index < -0.39 is 16.1 Å². The Hall–Kier alpha value is -2.19. The standard InChI is InChI=1S/C20H28N4O3S/c1-6-19(25)23-11-10-16-12-17(8-9-18(16)23)28(26,27)22-14(4)20-13(3)21-24(7-2)15(20)5/h8-9,12,14,22H,6-7,10-11H2,1-5H3/t14-/m0/s1. The molecule has 1 aliphatic heterocycles. The number of benzene rings is 1. The summed E-state index contributed by atoms with van der Waals surface area (Å²) in [4.78, 5) is 14.0. The van der Waals surface area contributed by atoms with Crippen LogP contribution in [0, 0.1) is 13.8 Å². The number of sulfonamides is 1. The van der Waals surface area contributed by atoms with E-state index in [0.717, 1.165) is 34.7 Å². The molecule has 1 aromatic heterocycles. The van der Waals surface area contributed by atoms with Gasteiger partial charge in [0, 0.05) is 42.5 Å². The van der Waals surface area contributed by atoms with E-state index in [0.29, 0.717) is 19.4 Å². The molecule has 0 aliphatic carbocycles. The molecule has 0 fully saturated rings. The molecule has 1 aromatic carbocycles. The molecule has 3 rings (SSSR count). The van der Waals surface area contributed by atoms with Crippen LogP contribution in [0.15, 0.2) is 23.1 Å². The van der Waals surface area contributed by atoms with Gasteiger partial charge in [-0.05, 0) is 57.9 Å². The molecule has 1 N–H and O–H groups in total. The fourth-order valence-electron chi connectivity index (χ4n) is 4.00. The fraction of sp³-hybridized carbons (Fsp3) is 0.500. The summed E-state index contributed by atoms with van der Waals surface area (Å²) in [6.45, 7) is 10.9. The van der Waals surface area contributed by atoms with Crippen molar-refractivity contribution >= 4 is 21.6 Å². The summed E-state index contributed by atoms with van der Waals surface area (Å²) >= 11 is 0. The minimum atomic E-state index is -3.69. The maximum atomic E-state index is 13.0. The minimum Gasteiger partial charge on any atom is -0.312 e. The zero-order valence-electron chi connectivity index (χ0n) is 17.1. The Labute approximate surface area is 166 Å². The number of fused-ring (bicyclic) bond motifs is 1. The molecule has 152 valence electrons. The SMILES string of the molecule is CCC(=O)N1CCc2cc(S(=O)(=O)N[C@@H](C)c3c(C)nn(CC)c3C)ccc21. The van der Waals surface area contributed by atoms with Crippen LogP contribution in [0.5, 0.6) is 0 Å². The lowest BCUT2D eigenvalue weighted by Crippen LogP contribution is -2.28. The van der Waals surface area contributed by atoms with Crippen molar-refractivity contribution in [2.45, 2.75) is 64.9 Å². The van der Waals surface area contributed by atoms with E-state index in [1.807, 2.05) is 39.3 Å². The second-order valence-electron chi connectivity index (χ2n) is 7.18. The second kappa shape index (κ2) is 7.67. The van der Waals surface area contributed by atoms with Crippen molar-refractivity contribution in [3.63, 3.8) is 0 Å². The third-order valence-electron chi connectivity index (χ3n) is 5.36. The van der Waals surface area contributed by atoms with Crippen LogP contribution in [0.4, 0.5) is 5.69 Å². The van der Waals surface area contributed by atoms with Crippen LogP contribution < -0.4 is 9.62 Å². The predicted molar refractivity (Wildman–Crippen MR) is 109 cm³/mol. The number of hydrogen-bond donors (Lipinski definition) is 1. The number of carbonyl (C=O) groups is 1. The zero-order chi connectivity index (χ0) is 20.6. The highest BCUT2D eigenvalue weighted by atomic mass is 32.2. The number of aromatic nitrogens is 2. The number of carbonyl (C=O) groups excluding carboxylic acids is 1. The molecule has 1 aliphatic rings. The minimum absolute atomic E-state index is 0.0555. The quantitative estimate of drug-likeness (QED) is 0.802. The van der Waals surface area contributed by atoms with Gasteiger partial charge in [-0.25, -0.2) is 13.1 Å². The van der Waals surface area contributed by atoms with Gasteiger partial charge < -0.3 is 4.90 Å². The molecular formula is C20H28N4O3S. The number of amides is 1. The third-order valence-corrected chi connectivity index (χ3v) is 6.90. The summed E-state index contributed by atoms with van der Waals surface area (Å²) in [5, 5.41) is 4.48. The van der Waals surface area contributed by atoms with Crippen LogP contribution in [0.25, 0.3) is 0 Å². The van der Waals surface area contributed by atoms with E-state index in [4.69, 9.17) is 0 Å². The monoisotopic (exact) mass is 404 g/mol. The average Bonchev–Trinajstić information content (AvgIpc) is 3.20. The molecule has 1 atom stereocenters. The summed E-state index contributed by atoms with van der Waals surface area (Å²) in [6, 6.07) is 4.60. The summed E-state index contributed by atoms with van der Waals surface area (Å²) in [5.74, 6) is 0.0555. The molecular weight excluding hydrogens is 376 g/mol. The van der Waals surface area contributed by atoms with Gasteiger partial charge in [0.05, 0.1) is 10.6 Å². The third kappa shape index (κ3) is 3.58. The summed E-state index contributed by atoms with van der Waals surface area (Å²) in [7, 11) is -3.69. The molecule has 1 amide bonds. The number of hydrogen-bond acceptors (Lipinski definition) is 4. The molecule has 0 saturated heterocycles. The Morgan fingerprint density at radius 1 is 1.29 bits per heavy atom. The van der Waals surface area contributed by atoms with Crippen molar-refractivity contribution < 1.29 is 13.2 Å². The maximum absolute atomic E-state index is 13.0. The highest BCUT2D eigenvalue weighted by Gasteiger charge is 2.27. The van der Waals surface area contributed by atoms with Gasteiger partial charge in [-0.1, -0.05) is 6.92 Å². The number of aryl methyl sites for hydroxylation is 2. The van der Waals surface area contributed by atoms with E-state index in [-0.39, 0.29) is 10.8 Å². The van der Waals surface area contributed by atoms with Crippen LogP contribution in [-0.4, -0.2) is 30.7 Å². The summed E-state index contributed by atoms with van der Waals surface area (Å²) in [5.41, 5.74) is 4.42. The van der Waals surface area contributed by atoms with Crippen LogP contribution in [0.3, 0.4) is 0 Å². The zero-order valence-corrected chi connectivity index (χ0v) is 17.9. The molecule has 0 saturated carbocycles. The van der Waals surface area contributed by atoms with E-state index >= 15 is 0 Å². The van der Waals surface area contributed by atoms with Gasteiger partial charge in [0.15, 0.2) is 0 Å². The van der Waals surface area contributed by atoms with Crippen molar-refractivity contribution in [2.24, 2.45) is 0 Å². The normalized spacial score (nSPS) is 15.0. The van der Waals surface area contributed by atoms with Gasteiger partial charge in [0.1, 0.15) is 0 Å². The van der Waals surface area contributed by atoms with Gasteiger partial charge in [-0.15, -0.1) is 0 Å². The van der Waals surface area contributed by atoms with Crippen LogP contribution in [0.1, 0.15) is 55.7 Å². The Morgan fingerprint density at radius 2 is 2.00 bits per heavy atom. The summed E-state index contributed by atoms with van der Waals surface area (Å²) < 4.78 is 30.6. The largest absolute Gasteiger partial charge is 0.312 e. The fourth-order valence-corrected chi connectivity index (χ4v) is 5.26. The predicted octanol–water partition coefficient (Wildman–Crippen LogP) is 2.86. The first-order valence-electron chi connectivity index (χ1n) is 9.69. The average molecular weight is 405 g/mol. The van der Waals surface area contributed by atoms with Gasteiger partial charge >= 0.3 is 0 Å². The molecule has 2 aromatic rings. The molecule has 0 spiro atoms. The first-order valence-corrected chi connectivity index (χ1v) is 11.2. The first kappa shape index (κ1) is 20.5. The van der Waals surface area contributed by atoms with Gasteiger partial charge in [-0.2, -0.15) is 5.10 Å². The van der Waals surface area contributed by atoms with Crippen LogP contribution >= 0.6 is 0 Å². The number of nitrogens with zero attached hydrogens (tertiary/aromatic N) is 3. The van der Waals surface area contributed by atoms with Crippen molar-refractivity contribution in [3.8, 4) is 0 Å². The van der Waals surface area contributed by atoms with Crippen molar-refractivity contribution in [1.29, 1.82) is 0 Å². The number of rotatable bonds is 6. The molecule has 0 bridgehead atoms. The highest BCUT2D eigenvalue weighted by molar-refractivity contribution is 7.89.